The smallest absolute Gasteiger partial charge is 0.123 e. The van der Waals surface area contributed by atoms with E-state index in [-0.39, 0.29) is 5.82 Å². The Kier molecular flexibility index (Phi) is 5.66. The number of nitrogens with zero attached hydrogens (tertiary/aromatic N) is 1. The van der Waals surface area contributed by atoms with Gasteiger partial charge < -0.3 is 0 Å². The second kappa shape index (κ2) is 6.81. The minimum absolute atomic E-state index is 0.178. The Balaban J connectivity index is 2.47. The maximum atomic E-state index is 12.7. The molecule has 0 aliphatic heterocycles. The Morgan fingerprint density at radius 3 is 2.47 bits per heavy atom. The van der Waals surface area contributed by atoms with Gasteiger partial charge in [0, 0.05) is 12.4 Å². The van der Waals surface area contributed by atoms with Crippen LogP contribution in [0.25, 0.3) is 0 Å². The van der Waals surface area contributed by atoms with Crippen LogP contribution in [-0.2, 0) is 6.54 Å². The van der Waals surface area contributed by atoms with Gasteiger partial charge in [-0.25, -0.2) is 4.39 Å². The van der Waals surface area contributed by atoms with Crippen molar-refractivity contribution in [1.29, 1.82) is 0 Å². The van der Waals surface area contributed by atoms with Gasteiger partial charge in [-0.2, -0.15) is 0 Å². The molecule has 0 fully saturated rings. The Labute approximate surface area is 95.8 Å². The van der Waals surface area contributed by atoms with E-state index >= 15 is 0 Å². The summed E-state index contributed by atoms with van der Waals surface area (Å²) in [6.45, 7) is 4.98. The van der Waals surface area contributed by atoms with Gasteiger partial charge in [0.15, 0.2) is 0 Å². The highest BCUT2D eigenvalue weighted by Crippen LogP contribution is 2.07. The molecule has 1 aromatic rings. The van der Waals surface area contributed by atoms with Crippen molar-refractivity contribution in [3.05, 3.63) is 35.6 Å². The summed E-state index contributed by atoms with van der Waals surface area (Å²) in [6.07, 6.45) is 0.997. The molecule has 1 aromatic carbocycles. The molecule has 0 bridgehead atoms. The number of hydrogen-bond acceptors (Lipinski definition) is 1. The topological polar surface area (TPSA) is 3.24 Å². The minimum Gasteiger partial charge on any atom is -0.299 e. The first-order chi connectivity index (χ1) is 7.26. The summed E-state index contributed by atoms with van der Waals surface area (Å²) in [5, 5.41) is 0. The SMILES string of the molecule is CCN(CCCCl)Cc1ccc(F)cc1. The number of halogens is 2. The first kappa shape index (κ1) is 12.5. The molecule has 0 radical (unpaired) electrons. The summed E-state index contributed by atoms with van der Waals surface area (Å²) in [5.74, 6) is 0.516. The zero-order valence-electron chi connectivity index (χ0n) is 9.05. The van der Waals surface area contributed by atoms with Crippen LogP contribution in [0, 0.1) is 5.82 Å². The van der Waals surface area contributed by atoms with Crippen LogP contribution in [0.15, 0.2) is 24.3 Å². The minimum atomic E-state index is -0.178. The number of rotatable bonds is 6. The molecule has 3 heteroatoms. The van der Waals surface area contributed by atoms with E-state index < -0.39 is 0 Å². The van der Waals surface area contributed by atoms with Crippen LogP contribution >= 0.6 is 11.6 Å². The molecule has 15 heavy (non-hydrogen) atoms. The molecule has 0 N–H and O–H groups in total. The number of benzene rings is 1. The van der Waals surface area contributed by atoms with Crippen molar-refractivity contribution in [3.63, 3.8) is 0 Å². The third-order valence-electron chi connectivity index (χ3n) is 2.37. The summed E-state index contributed by atoms with van der Waals surface area (Å²) in [7, 11) is 0. The maximum Gasteiger partial charge on any atom is 0.123 e. The lowest BCUT2D eigenvalue weighted by Crippen LogP contribution is -2.24. The highest BCUT2D eigenvalue weighted by molar-refractivity contribution is 6.17. The largest absolute Gasteiger partial charge is 0.299 e. The summed E-state index contributed by atoms with van der Waals surface area (Å²) in [6, 6.07) is 6.67. The third-order valence-corrected chi connectivity index (χ3v) is 2.64. The van der Waals surface area contributed by atoms with Crippen LogP contribution in [0.4, 0.5) is 4.39 Å². The van der Waals surface area contributed by atoms with Gasteiger partial charge in [-0.1, -0.05) is 19.1 Å². The summed E-state index contributed by atoms with van der Waals surface area (Å²) >= 11 is 5.65. The average molecular weight is 230 g/mol. The Hall–Kier alpha value is -0.600. The van der Waals surface area contributed by atoms with Crippen LogP contribution in [0.3, 0.4) is 0 Å². The third kappa shape index (κ3) is 4.63. The second-order valence-electron chi connectivity index (χ2n) is 3.54. The summed E-state index contributed by atoms with van der Waals surface area (Å²) in [5.41, 5.74) is 1.15. The first-order valence-corrected chi connectivity index (χ1v) is 5.82. The van der Waals surface area contributed by atoms with Gasteiger partial charge in [0.2, 0.25) is 0 Å². The van der Waals surface area contributed by atoms with Gasteiger partial charge in [0.1, 0.15) is 5.82 Å². The van der Waals surface area contributed by atoms with Crippen molar-refractivity contribution in [2.24, 2.45) is 0 Å². The molecule has 0 saturated heterocycles. The number of alkyl halides is 1. The van der Waals surface area contributed by atoms with Crippen LogP contribution in [0.1, 0.15) is 18.9 Å². The predicted molar refractivity (Wildman–Crippen MR) is 62.7 cm³/mol. The lowest BCUT2D eigenvalue weighted by atomic mass is 10.2. The quantitative estimate of drug-likeness (QED) is 0.677. The fourth-order valence-electron chi connectivity index (χ4n) is 1.48. The molecular weight excluding hydrogens is 213 g/mol. The normalized spacial score (nSPS) is 10.9. The van der Waals surface area contributed by atoms with Crippen LogP contribution in [0.5, 0.6) is 0 Å². The molecule has 0 aromatic heterocycles. The highest BCUT2D eigenvalue weighted by Gasteiger charge is 2.02. The molecule has 84 valence electrons. The van der Waals surface area contributed by atoms with Crippen molar-refractivity contribution in [1.82, 2.24) is 4.90 Å². The lowest BCUT2D eigenvalue weighted by Gasteiger charge is -2.19. The van der Waals surface area contributed by atoms with E-state index in [9.17, 15) is 4.39 Å². The van der Waals surface area contributed by atoms with Crippen LogP contribution in [0.2, 0.25) is 0 Å². The van der Waals surface area contributed by atoms with E-state index in [1.165, 1.54) is 12.1 Å². The van der Waals surface area contributed by atoms with Gasteiger partial charge >= 0.3 is 0 Å². The zero-order chi connectivity index (χ0) is 11.1. The summed E-state index contributed by atoms with van der Waals surface area (Å²) < 4.78 is 12.7. The molecule has 0 amide bonds. The van der Waals surface area contributed by atoms with E-state index in [4.69, 9.17) is 11.6 Å². The van der Waals surface area contributed by atoms with Crippen molar-refractivity contribution in [2.45, 2.75) is 19.9 Å². The second-order valence-corrected chi connectivity index (χ2v) is 3.92. The van der Waals surface area contributed by atoms with Crippen molar-refractivity contribution >= 4 is 11.6 Å². The van der Waals surface area contributed by atoms with E-state index in [1.807, 2.05) is 12.1 Å². The van der Waals surface area contributed by atoms with Gasteiger partial charge in [-0.15, -0.1) is 11.6 Å². The Morgan fingerprint density at radius 2 is 1.93 bits per heavy atom. The van der Waals surface area contributed by atoms with E-state index in [1.54, 1.807) is 0 Å². The molecule has 0 saturated carbocycles. The van der Waals surface area contributed by atoms with Crippen molar-refractivity contribution < 1.29 is 4.39 Å². The van der Waals surface area contributed by atoms with Crippen LogP contribution < -0.4 is 0 Å². The average Bonchev–Trinajstić information content (AvgIpc) is 2.27. The lowest BCUT2D eigenvalue weighted by molar-refractivity contribution is 0.281. The summed E-state index contributed by atoms with van der Waals surface area (Å²) in [4.78, 5) is 2.30. The molecular formula is C12H17ClFN. The molecule has 0 atom stereocenters. The van der Waals surface area contributed by atoms with Gasteiger partial charge in [0.25, 0.3) is 0 Å². The highest BCUT2D eigenvalue weighted by atomic mass is 35.5. The fraction of sp³-hybridized carbons (Fsp3) is 0.500. The van der Waals surface area contributed by atoms with Gasteiger partial charge in [0.05, 0.1) is 0 Å². The molecule has 1 nitrogen and oxygen atoms in total. The predicted octanol–water partition coefficient (Wildman–Crippen LogP) is 3.28. The molecule has 1 rings (SSSR count). The standard InChI is InChI=1S/C12H17ClFN/c1-2-15(9-3-8-13)10-11-4-6-12(14)7-5-11/h4-7H,2-3,8-10H2,1H3. The van der Waals surface area contributed by atoms with Crippen LogP contribution in [-0.4, -0.2) is 23.9 Å². The zero-order valence-corrected chi connectivity index (χ0v) is 9.80. The Morgan fingerprint density at radius 1 is 1.27 bits per heavy atom. The van der Waals surface area contributed by atoms with Crippen molar-refractivity contribution in [2.75, 3.05) is 19.0 Å². The van der Waals surface area contributed by atoms with Gasteiger partial charge in [-0.05, 0) is 37.2 Å². The molecule has 0 spiro atoms. The fourth-order valence-corrected chi connectivity index (χ4v) is 1.60. The molecule has 0 aliphatic carbocycles. The molecule has 0 unspecified atom stereocenters. The van der Waals surface area contributed by atoms with Crippen molar-refractivity contribution in [3.8, 4) is 0 Å². The van der Waals surface area contributed by atoms with E-state index in [2.05, 4.69) is 11.8 Å². The van der Waals surface area contributed by atoms with E-state index in [0.29, 0.717) is 5.88 Å². The van der Waals surface area contributed by atoms with Gasteiger partial charge in [-0.3, -0.25) is 4.90 Å². The monoisotopic (exact) mass is 229 g/mol. The molecule has 0 aliphatic rings. The van der Waals surface area contributed by atoms with E-state index in [0.717, 1.165) is 31.6 Å². The first-order valence-electron chi connectivity index (χ1n) is 5.29. The number of hydrogen-bond donors (Lipinski definition) is 0. The Bertz CT molecular complexity index is 273. The molecule has 0 heterocycles. The maximum absolute atomic E-state index is 12.7.